The number of hydrogen-bond acceptors (Lipinski definition) is 2. The molecule has 1 aliphatic heterocycles. The van der Waals surface area contributed by atoms with E-state index in [9.17, 15) is 4.79 Å². The van der Waals surface area contributed by atoms with Gasteiger partial charge in [0.15, 0.2) is 0 Å². The van der Waals surface area contributed by atoms with Crippen molar-refractivity contribution in [1.29, 1.82) is 0 Å². The van der Waals surface area contributed by atoms with Crippen molar-refractivity contribution in [2.24, 2.45) is 11.3 Å². The maximum atomic E-state index is 11.7. The number of carbonyl (C=O) groups is 1. The van der Waals surface area contributed by atoms with Crippen LogP contribution in [0.5, 0.6) is 0 Å². The largest absolute Gasteiger partial charge is 0.353 e. The third-order valence-corrected chi connectivity index (χ3v) is 4.09. The zero-order valence-corrected chi connectivity index (χ0v) is 10.5. The van der Waals surface area contributed by atoms with Gasteiger partial charge in [0.05, 0.1) is 0 Å². The van der Waals surface area contributed by atoms with E-state index in [-0.39, 0.29) is 5.91 Å². The predicted octanol–water partition coefficient (Wildman–Crippen LogP) is 1.68. The first-order chi connectivity index (χ1) is 7.58. The Morgan fingerprint density at radius 1 is 1.38 bits per heavy atom. The highest BCUT2D eigenvalue weighted by atomic mass is 16.1. The summed E-state index contributed by atoms with van der Waals surface area (Å²) in [5, 5.41) is 6.48. The van der Waals surface area contributed by atoms with Gasteiger partial charge in [-0.3, -0.25) is 4.79 Å². The van der Waals surface area contributed by atoms with E-state index in [1.165, 1.54) is 12.8 Å². The second-order valence-electron chi connectivity index (χ2n) is 6.04. The number of hydrogen-bond donors (Lipinski definition) is 2. The van der Waals surface area contributed by atoms with Gasteiger partial charge in [0.25, 0.3) is 0 Å². The molecule has 16 heavy (non-hydrogen) atoms. The van der Waals surface area contributed by atoms with Gasteiger partial charge in [0.2, 0.25) is 5.91 Å². The molecular weight excluding hydrogens is 200 g/mol. The zero-order valence-electron chi connectivity index (χ0n) is 10.5. The minimum absolute atomic E-state index is 0.258. The van der Waals surface area contributed by atoms with Gasteiger partial charge in [0, 0.05) is 12.5 Å². The predicted molar refractivity (Wildman–Crippen MR) is 65.2 cm³/mol. The van der Waals surface area contributed by atoms with Crippen LogP contribution in [-0.2, 0) is 4.79 Å². The Bertz CT molecular complexity index is 257. The van der Waals surface area contributed by atoms with Crippen molar-refractivity contribution in [3.05, 3.63) is 0 Å². The summed E-state index contributed by atoms with van der Waals surface area (Å²) in [6, 6.07) is 0.438. The molecule has 92 valence electrons. The molecule has 0 aromatic rings. The van der Waals surface area contributed by atoms with Gasteiger partial charge in [-0.25, -0.2) is 0 Å². The van der Waals surface area contributed by atoms with E-state index >= 15 is 0 Å². The van der Waals surface area contributed by atoms with Crippen molar-refractivity contribution in [1.82, 2.24) is 10.6 Å². The summed E-state index contributed by atoms with van der Waals surface area (Å²) >= 11 is 0. The third-order valence-electron chi connectivity index (χ3n) is 4.09. The van der Waals surface area contributed by atoms with Crippen LogP contribution >= 0.6 is 0 Å². The molecule has 2 rings (SSSR count). The fraction of sp³-hybridized carbons (Fsp3) is 0.923. The number of rotatable bonds is 4. The summed E-state index contributed by atoms with van der Waals surface area (Å²) in [4.78, 5) is 11.7. The lowest BCUT2D eigenvalue weighted by molar-refractivity contribution is -0.121. The topological polar surface area (TPSA) is 41.1 Å². The molecule has 1 heterocycles. The summed E-state index contributed by atoms with van der Waals surface area (Å²) in [5.41, 5.74) is 0.352. The molecule has 1 aliphatic carbocycles. The van der Waals surface area contributed by atoms with Crippen molar-refractivity contribution in [2.45, 2.75) is 52.0 Å². The van der Waals surface area contributed by atoms with E-state index in [1.807, 2.05) is 0 Å². The van der Waals surface area contributed by atoms with E-state index in [0.717, 1.165) is 38.3 Å². The lowest BCUT2D eigenvalue weighted by Gasteiger charge is -2.22. The summed E-state index contributed by atoms with van der Waals surface area (Å²) in [5.74, 6) is 1.02. The summed E-state index contributed by atoms with van der Waals surface area (Å²) in [7, 11) is 0. The molecule has 0 aromatic heterocycles. The molecule has 2 fully saturated rings. The maximum Gasteiger partial charge on any atom is 0.220 e. The summed E-state index contributed by atoms with van der Waals surface area (Å²) in [6.45, 7) is 6.68. The zero-order chi connectivity index (χ0) is 11.6. The van der Waals surface area contributed by atoms with Crippen LogP contribution in [0.4, 0.5) is 0 Å². The van der Waals surface area contributed by atoms with Crippen molar-refractivity contribution in [2.75, 3.05) is 13.1 Å². The number of carbonyl (C=O) groups excluding carboxylic acids is 1. The van der Waals surface area contributed by atoms with E-state index in [1.54, 1.807) is 0 Å². The van der Waals surface area contributed by atoms with Crippen LogP contribution in [0.15, 0.2) is 0 Å². The number of nitrogens with one attached hydrogen (secondary N) is 2. The van der Waals surface area contributed by atoms with E-state index in [0.29, 0.717) is 11.5 Å². The van der Waals surface area contributed by atoms with Crippen molar-refractivity contribution in [3.63, 3.8) is 0 Å². The third kappa shape index (κ3) is 3.21. The average Bonchev–Trinajstić information content (AvgIpc) is 2.84. The molecule has 0 bridgehead atoms. The molecule has 1 amide bonds. The fourth-order valence-corrected chi connectivity index (χ4v) is 2.49. The minimum atomic E-state index is 0.258. The van der Waals surface area contributed by atoms with Gasteiger partial charge in [-0.15, -0.1) is 0 Å². The van der Waals surface area contributed by atoms with Crippen LogP contribution in [0.2, 0.25) is 0 Å². The van der Waals surface area contributed by atoms with Crippen molar-refractivity contribution in [3.8, 4) is 0 Å². The molecule has 1 unspecified atom stereocenters. The Morgan fingerprint density at radius 2 is 2.00 bits per heavy atom. The Labute approximate surface area is 98.4 Å². The number of amides is 1. The van der Waals surface area contributed by atoms with Gasteiger partial charge in [-0.2, -0.15) is 0 Å². The molecule has 0 aromatic carbocycles. The molecule has 2 N–H and O–H groups in total. The van der Waals surface area contributed by atoms with Gasteiger partial charge < -0.3 is 10.6 Å². The van der Waals surface area contributed by atoms with Gasteiger partial charge in [0.1, 0.15) is 0 Å². The second-order valence-corrected chi connectivity index (χ2v) is 6.04. The molecule has 3 nitrogen and oxygen atoms in total. The van der Waals surface area contributed by atoms with Gasteiger partial charge in [-0.1, -0.05) is 13.8 Å². The van der Waals surface area contributed by atoms with Crippen molar-refractivity contribution >= 4 is 5.91 Å². The monoisotopic (exact) mass is 224 g/mol. The quantitative estimate of drug-likeness (QED) is 0.763. The minimum Gasteiger partial charge on any atom is -0.353 e. The van der Waals surface area contributed by atoms with Crippen LogP contribution in [0.25, 0.3) is 0 Å². The first kappa shape index (κ1) is 11.9. The van der Waals surface area contributed by atoms with Gasteiger partial charge in [-0.05, 0) is 50.1 Å². The lowest BCUT2D eigenvalue weighted by Crippen LogP contribution is -2.31. The summed E-state index contributed by atoms with van der Waals surface area (Å²) in [6.07, 6.45) is 5.41. The highest BCUT2D eigenvalue weighted by molar-refractivity contribution is 5.76. The Balaban J connectivity index is 1.60. The van der Waals surface area contributed by atoms with Crippen LogP contribution in [-0.4, -0.2) is 25.0 Å². The van der Waals surface area contributed by atoms with Crippen LogP contribution in [0, 0.1) is 11.3 Å². The molecule has 0 radical (unpaired) electrons. The average molecular weight is 224 g/mol. The normalized spacial score (nSPS) is 28.8. The standard InChI is InChI=1S/C13H24N2O/c1-13(2)9-11(13)15-12(16)4-3-10-5-7-14-8-6-10/h10-11,14H,3-9H2,1-2H3,(H,15,16). The second kappa shape index (κ2) is 4.74. The highest BCUT2D eigenvalue weighted by Gasteiger charge is 2.46. The lowest BCUT2D eigenvalue weighted by atomic mass is 9.93. The van der Waals surface area contributed by atoms with Crippen LogP contribution in [0.1, 0.15) is 46.0 Å². The first-order valence-electron chi connectivity index (χ1n) is 6.58. The maximum absolute atomic E-state index is 11.7. The summed E-state index contributed by atoms with van der Waals surface area (Å²) < 4.78 is 0. The Hall–Kier alpha value is -0.570. The van der Waals surface area contributed by atoms with Gasteiger partial charge >= 0.3 is 0 Å². The molecule has 1 saturated carbocycles. The smallest absolute Gasteiger partial charge is 0.220 e. The molecule has 3 heteroatoms. The molecule has 1 saturated heterocycles. The Kier molecular flexibility index (Phi) is 3.53. The highest BCUT2D eigenvalue weighted by Crippen LogP contribution is 2.44. The SMILES string of the molecule is CC1(C)CC1NC(=O)CCC1CCNCC1. The van der Waals surface area contributed by atoms with Crippen LogP contribution < -0.4 is 10.6 Å². The van der Waals surface area contributed by atoms with E-state index in [2.05, 4.69) is 24.5 Å². The van der Waals surface area contributed by atoms with E-state index in [4.69, 9.17) is 0 Å². The molecule has 0 spiro atoms. The Morgan fingerprint density at radius 3 is 2.56 bits per heavy atom. The molecular formula is C13H24N2O. The number of piperidine rings is 1. The fourth-order valence-electron chi connectivity index (χ4n) is 2.49. The van der Waals surface area contributed by atoms with Crippen molar-refractivity contribution < 1.29 is 4.79 Å². The first-order valence-corrected chi connectivity index (χ1v) is 6.58. The van der Waals surface area contributed by atoms with E-state index < -0.39 is 0 Å². The molecule has 1 atom stereocenters. The molecule has 2 aliphatic rings. The van der Waals surface area contributed by atoms with Crippen LogP contribution in [0.3, 0.4) is 0 Å².